The van der Waals surface area contributed by atoms with E-state index in [2.05, 4.69) is 52.3 Å². The van der Waals surface area contributed by atoms with E-state index in [0.29, 0.717) is 26.4 Å². The second-order valence-corrected chi connectivity index (χ2v) is 10.9. The molecule has 1 fully saturated rings. The van der Waals surface area contributed by atoms with E-state index in [4.69, 9.17) is 32.7 Å². The Hall–Kier alpha value is -2.07. The number of hydrogen-bond donors (Lipinski definition) is 2. The van der Waals surface area contributed by atoms with Gasteiger partial charge in [-0.25, -0.2) is 0 Å². The topological polar surface area (TPSA) is 59.6 Å². The summed E-state index contributed by atoms with van der Waals surface area (Å²) in [7, 11) is 1.59. The lowest BCUT2D eigenvalue weighted by Crippen LogP contribution is -2.30. The Kier molecular flexibility index (Phi) is 8.75. The lowest BCUT2D eigenvalue weighted by atomic mass is 10.1. The number of hydrogen-bond acceptors (Lipinski definition) is 5. The Balaban J connectivity index is 1.47. The number of thioether (sulfide) groups is 1. The molecule has 182 valence electrons. The van der Waals surface area contributed by atoms with Crippen molar-refractivity contribution in [3.8, 4) is 11.5 Å². The Labute approximate surface area is 232 Å². The van der Waals surface area contributed by atoms with Crippen LogP contribution in [0.5, 0.6) is 11.5 Å². The van der Waals surface area contributed by atoms with Crippen LogP contribution in [0.15, 0.2) is 59.5 Å². The minimum atomic E-state index is -0.242. The average molecular weight is 641 g/mol. The number of anilines is 1. The standard InChI is InChI=1S/C26H23Cl2IN2O3S/c1-3-15-4-8-19(9-5-15)30-26-31-25(32)23(35-26)12-16-10-21(29)24(22(11-16)33-2)34-14-17-6-7-18(27)13-20(17)28/h4-13,26,30H,3,14H2,1-2H3,(H,31,32)/b23-12-/t26-/m1/s1. The van der Waals surface area contributed by atoms with E-state index in [-0.39, 0.29) is 18.0 Å². The molecule has 2 N–H and O–H groups in total. The van der Waals surface area contributed by atoms with Gasteiger partial charge < -0.3 is 20.1 Å². The number of halogens is 3. The van der Waals surface area contributed by atoms with Crippen LogP contribution >= 0.6 is 57.6 Å². The van der Waals surface area contributed by atoms with Gasteiger partial charge >= 0.3 is 0 Å². The third-order valence-corrected chi connectivity index (χ3v) is 7.74. The predicted octanol–water partition coefficient (Wildman–Crippen LogP) is 7.35. The van der Waals surface area contributed by atoms with Crippen LogP contribution in [0.25, 0.3) is 6.08 Å². The van der Waals surface area contributed by atoms with Crippen molar-refractivity contribution in [3.05, 3.63) is 89.8 Å². The van der Waals surface area contributed by atoms with Crippen LogP contribution < -0.4 is 20.1 Å². The molecule has 9 heteroatoms. The highest BCUT2D eigenvalue weighted by atomic mass is 127. The van der Waals surface area contributed by atoms with Crippen molar-refractivity contribution in [2.75, 3.05) is 12.4 Å². The van der Waals surface area contributed by atoms with Gasteiger partial charge in [0.2, 0.25) is 0 Å². The molecule has 35 heavy (non-hydrogen) atoms. The van der Waals surface area contributed by atoms with Gasteiger partial charge in [-0.05, 0) is 82.6 Å². The van der Waals surface area contributed by atoms with Gasteiger partial charge in [0, 0.05) is 21.3 Å². The van der Waals surface area contributed by atoms with E-state index in [1.54, 1.807) is 19.2 Å². The van der Waals surface area contributed by atoms with Gasteiger partial charge in [-0.1, -0.05) is 60.1 Å². The molecule has 1 aliphatic rings. The van der Waals surface area contributed by atoms with E-state index in [1.165, 1.54) is 17.3 Å². The summed E-state index contributed by atoms with van der Waals surface area (Å²) in [4.78, 5) is 13.2. The zero-order chi connectivity index (χ0) is 24.9. The zero-order valence-electron chi connectivity index (χ0n) is 19.0. The first-order valence-corrected chi connectivity index (χ1v) is 13.6. The summed E-state index contributed by atoms with van der Waals surface area (Å²) in [6.45, 7) is 2.39. The molecule has 1 aliphatic heterocycles. The number of amides is 1. The first kappa shape index (κ1) is 26.0. The first-order chi connectivity index (χ1) is 16.9. The molecule has 0 bridgehead atoms. The fraction of sp³-hybridized carbons (Fsp3) is 0.192. The number of nitrogens with one attached hydrogen (secondary N) is 2. The molecule has 5 nitrogen and oxygen atoms in total. The summed E-state index contributed by atoms with van der Waals surface area (Å²) in [5, 5.41) is 7.43. The fourth-order valence-electron chi connectivity index (χ4n) is 3.46. The largest absolute Gasteiger partial charge is 0.493 e. The van der Waals surface area contributed by atoms with Crippen LogP contribution in [-0.4, -0.2) is 18.5 Å². The van der Waals surface area contributed by atoms with Crippen LogP contribution in [0.4, 0.5) is 5.69 Å². The van der Waals surface area contributed by atoms with Crippen molar-refractivity contribution in [1.82, 2.24) is 5.32 Å². The van der Waals surface area contributed by atoms with Crippen molar-refractivity contribution >= 4 is 75.2 Å². The van der Waals surface area contributed by atoms with Crippen molar-refractivity contribution in [2.24, 2.45) is 0 Å². The predicted molar refractivity (Wildman–Crippen MR) is 153 cm³/mol. The van der Waals surface area contributed by atoms with Gasteiger partial charge in [0.25, 0.3) is 5.91 Å². The monoisotopic (exact) mass is 640 g/mol. The summed E-state index contributed by atoms with van der Waals surface area (Å²) in [6, 6.07) is 17.3. The highest BCUT2D eigenvalue weighted by Crippen LogP contribution is 2.37. The molecule has 4 rings (SSSR count). The van der Waals surface area contributed by atoms with Crippen LogP contribution in [0.1, 0.15) is 23.6 Å². The quantitative estimate of drug-likeness (QED) is 0.199. The van der Waals surface area contributed by atoms with Crippen LogP contribution in [0, 0.1) is 3.57 Å². The van der Waals surface area contributed by atoms with E-state index in [1.807, 2.05) is 36.4 Å². The lowest BCUT2D eigenvalue weighted by Gasteiger charge is -2.14. The number of aryl methyl sites for hydroxylation is 1. The third kappa shape index (κ3) is 6.58. The van der Waals surface area contributed by atoms with Crippen molar-refractivity contribution in [2.45, 2.75) is 25.4 Å². The molecule has 3 aromatic rings. The summed E-state index contributed by atoms with van der Waals surface area (Å²) in [6.07, 6.45) is 2.84. The van der Waals surface area contributed by atoms with Gasteiger partial charge in [0.1, 0.15) is 6.61 Å². The van der Waals surface area contributed by atoms with Crippen LogP contribution in [0.2, 0.25) is 10.0 Å². The Morgan fingerprint density at radius 2 is 1.91 bits per heavy atom. The molecular weight excluding hydrogens is 618 g/mol. The lowest BCUT2D eigenvalue weighted by molar-refractivity contribution is -0.116. The maximum absolute atomic E-state index is 12.6. The molecule has 1 atom stereocenters. The third-order valence-electron chi connectivity index (χ3n) is 5.33. The van der Waals surface area contributed by atoms with Gasteiger partial charge in [-0.3, -0.25) is 4.79 Å². The van der Waals surface area contributed by atoms with Crippen molar-refractivity contribution < 1.29 is 14.3 Å². The highest BCUT2D eigenvalue weighted by Gasteiger charge is 2.27. The Morgan fingerprint density at radius 1 is 1.14 bits per heavy atom. The first-order valence-electron chi connectivity index (χ1n) is 10.8. The highest BCUT2D eigenvalue weighted by molar-refractivity contribution is 14.1. The van der Waals surface area contributed by atoms with Gasteiger partial charge in [0.05, 0.1) is 15.6 Å². The fourth-order valence-corrected chi connectivity index (χ4v) is 5.69. The Morgan fingerprint density at radius 3 is 2.60 bits per heavy atom. The molecule has 1 heterocycles. The minimum absolute atomic E-state index is 0.121. The molecule has 0 aliphatic carbocycles. The number of benzene rings is 3. The zero-order valence-corrected chi connectivity index (χ0v) is 23.5. The average Bonchev–Trinajstić information content (AvgIpc) is 3.17. The summed E-state index contributed by atoms with van der Waals surface area (Å²) in [5.41, 5.74) is 3.65. The number of carbonyl (C=O) groups excluding carboxylic acids is 1. The molecule has 0 unspecified atom stereocenters. The Bertz CT molecular complexity index is 1270. The van der Waals surface area contributed by atoms with Crippen molar-refractivity contribution in [1.29, 1.82) is 0 Å². The maximum Gasteiger partial charge on any atom is 0.260 e. The second-order valence-electron chi connectivity index (χ2n) is 7.73. The van der Waals surface area contributed by atoms with Gasteiger partial charge in [-0.2, -0.15) is 0 Å². The summed E-state index contributed by atoms with van der Waals surface area (Å²) in [5.74, 6) is 1.06. The van der Waals surface area contributed by atoms with E-state index in [0.717, 1.165) is 26.8 Å². The molecule has 1 saturated heterocycles. The summed E-state index contributed by atoms with van der Waals surface area (Å²) < 4.78 is 12.5. The maximum atomic E-state index is 12.6. The molecular formula is C26H23Cl2IN2O3S. The second kappa shape index (κ2) is 11.8. The van der Waals surface area contributed by atoms with Crippen molar-refractivity contribution in [3.63, 3.8) is 0 Å². The van der Waals surface area contributed by atoms with Crippen LogP contribution in [0.3, 0.4) is 0 Å². The smallest absolute Gasteiger partial charge is 0.260 e. The molecule has 0 spiro atoms. The minimum Gasteiger partial charge on any atom is -0.493 e. The molecule has 1 amide bonds. The van der Waals surface area contributed by atoms with E-state index >= 15 is 0 Å². The molecule has 0 aromatic heterocycles. The molecule has 3 aromatic carbocycles. The SMILES string of the molecule is CCc1ccc(N[C@@H]2NC(=O)/C(=C/c3cc(I)c(OCc4ccc(Cl)cc4Cl)c(OC)c3)S2)cc1. The number of methoxy groups -OCH3 is 1. The van der Waals surface area contributed by atoms with Gasteiger partial charge in [-0.15, -0.1) is 0 Å². The van der Waals surface area contributed by atoms with Gasteiger partial charge in [0.15, 0.2) is 17.0 Å². The normalized spacial score (nSPS) is 16.3. The number of rotatable bonds is 8. The number of carbonyl (C=O) groups is 1. The summed E-state index contributed by atoms with van der Waals surface area (Å²) >= 11 is 15.9. The molecule has 0 radical (unpaired) electrons. The number of ether oxygens (including phenoxy) is 2. The molecule has 0 saturated carbocycles. The van der Waals surface area contributed by atoms with E-state index < -0.39 is 0 Å². The van der Waals surface area contributed by atoms with E-state index in [9.17, 15) is 4.79 Å². The van der Waals surface area contributed by atoms with Crippen LogP contribution in [-0.2, 0) is 17.8 Å².